The van der Waals surface area contributed by atoms with E-state index in [0.717, 1.165) is 35.7 Å². The number of nitrogens with two attached hydrogens (primary N) is 1. The maximum absolute atomic E-state index is 13.8. The van der Waals surface area contributed by atoms with E-state index in [0.29, 0.717) is 5.69 Å². The number of aromatic nitrogens is 2. The Labute approximate surface area is 159 Å². The van der Waals surface area contributed by atoms with E-state index in [2.05, 4.69) is 5.10 Å². The molecule has 1 aliphatic rings. The zero-order valence-electron chi connectivity index (χ0n) is 14.7. The Morgan fingerprint density at radius 1 is 1.07 bits per heavy atom. The van der Waals surface area contributed by atoms with Gasteiger partial charge in [0, 0.05) is 0 Å². The lowest BCUT2D eigenvalue weighted by Crippen LogP contribution is -2.28. The van der Waals surface area contributed by atoms with E-state index in [1.807, 2.05) is 41.7 Å². The van der Waals surface area contributed by atoms with Gasteiger partial charge >= 0.3 is 6.09 Å². The Balaban J connectivity index is 1.59. The fourth-order valence-corrected chi connectivity index (χ4v) is 3.32. The summed E-state index contributed by atoms with van der Waals surface area (Å²) >= 11 is 0. The Bertz CT molecular complexity index is 1050. The van der Waals surface area contributed by atoms with Crippen LogP contribution in [0.15, 0.2) is 54.7 Å². The highest BCUT2D eigenvalue weighted by Gasteiger charge is 2.49. The average molecular weight is 380 g/mol. The lowest BCUT2D eigenvalue weighted by molar-refractivity contribution is -0.120. The first-order chi connectivity index (χ1) is 13.4. The Morgan fingerprint density at radius 2 is 1.64 bits per heavy atom. The molecule has 4 rings (SSSR count). The molecule has 1 aromatic heterocycles. The number of nitrogens with zero attached hydrogens (tertiary/aromatic N) is 2. The molecule has 0 spiro atoms. The van der Waals surface area contributed by atoms with Crippen molar-refractivity contribution in [3.63, 3.8) is 0 Å². The number of carbonyl (C=O) groups is 2. The number of amides is 2. The Kier molecular flexibility index (Phi) is 4.11. The molecule has 142 valence electrons. The molecule has 1 aliphatic carbocycles. The van der Waals surface area contributed by atoms with Crippen molar-refractivity contribution in [3.8, 4) is 16.8 Å². The molecular formula is C20H17FN4O3. The van der Waals surface area contributed by atoms with Gasteiger partial charge in [0.15, 0.2) is 11.6 Å². The molecule has 0 bridgehead atoms. The number of hydrogen-bond donors (Lipinski definition) is 3. The minimum Gasteiger partial charge on any atom is -0.465 e. The van der Waals surface area contributed by atoms with Gasteiger partial charge in [-0.25, -0.2) is 13.9 Å². The predicted molar refractivity (Wildman–Crippen MR) is 101 cm³/mol. The normalized spacial score (nSPS) is 14.5. The number of nitrogens with one attached hydrogen (secondary N) is 1. The summed E-state index contributed by atoms with van der Waals surface area (Å²) in [6.07, 6.45) is 1.14. The van der Waals surface area contributed by atoms with Crippen LogP contribution in [0.4, 0.5) is 15.0 Å². The third kappa shape index (κ3) is 2.98. The molecule has 2 amide bonds. The van der Waals surface area contributed by atoms with E-state index in [4.69, 9.17) is 10.8 Å². The first kappa shape index (κ1) is 17.7. The van der Waals surface area contributed by atoms with Crippen LogP contribution in [0.1, 0.15) is 18.4 Å². The molecule has 0 unspecified atom stereocenters. The lowest BCUT2D eigenvalue weighted by Gasteiger charge is -2.12. The average Bonchev–Trinajstić information content (AvgIpc) is 3.43. The van der Waals surface area contributed by atoms with Gasteiger partial charge in [0.05, 0.1) is 17.3 Å². The molecule has 0 radical (unpaired) electrons. The summed E-state index contributed by atoms with van der Waals surface area (Å²) < 4.78 is 14.9. The number of anilines is 1. The number of hydrogen-bond acceptors (Lipinski definition) is 3. The van der Waals surface area contributed by atoms with Crippen LogP contribution in [-0.4, -0.2) is 26.9 Å². The number of rotatable bonds is 5. The zero-order chi connectivity index (χ0) is 19.9. The highest BCUT2D eigenvalue weighted by atomic mass is 19.1. The highest BCUT2D eigenvalue weighted by molar-refractivity contribution is 5.90. The molecule has 1 saturated carbocycles. The first-order valence-corrected chi connectivity index (χ1v) is 8.65. The maximum Gasteiger partial charge on any atom is 0.410 e. The molecule has 0 atom stereocenters. The van der Waals surface area contributed by atoms with Crippen molar-refractivity contribution < 1.29 is 19.1 Å². The van der Waals surface area contributed by atoms with E-state index in [1.54, 1.807) is 12.1 Å². The number of primary amides is 1. The standard InChI is InChI=1S/C20H17FN4O3/c21-16-11-23-25(17(16)24-19(27)28)15-7-3-13(4-8-15)12-1-5-14(6-2-12)20(9-10-20)18(22)26/h1-8,11,24H,9-10H2,(H2,22,26)(H,27,28). The summed E-state index contributed by atoms with van der Waals surface area (Å²) in [5, 5.41) is 14.7. The first-order valence-electron chi connectivity index (χ1n) is 8.65. The topological polar surface area (TPSA) is 110 Å². The third-order valence-electron chi connectivity index (χ3n) is 5.05. The van der Waals surface area contributed by atoms with Gasteiger partial charge in [-0.2, -0.15) is 5.10 Å². The monoisotopic (exact) mass is 380 g/mol. The summed E-state index contributed by atoms with van der Waals surface area (Å²) in [4.78, 5) is 22.5. The number of carboxylic acid groups (broad SMARTS) is 1. The van der Waals surface area contributed by atoms with E-state index < -0.39 is 17.3 Å². The summed E-state index contributed by atoms with van der Waals surface area (Å²) in [6, 6.07) is 14.8. The van der Waals surface area contributed by atoms with E-state index in [1.165, 1.54) is 4.68 Å². The fourth-order valence-electron chi connectivity index (χ4n) is 3.32. The van der Waals surface area contributed by atoms with Crippen molar-refractivity contribution in [1.82, 2.24) is 9.78 Å². The predicted octanol–water partition coefficient (Wildman–Crippen LogP) is 3.29. The van der Waals surface area contributed by atoms with Gasteiger partial charge in [-0.1, -0.05) is 36.4 Å². The SMILES string of the molecule is NC(=O)C1(c2ccc(-c3ccc(-n4ncc(F)c4NC(=O)O)cc3)cc2)CC1. The molecule has 2 aromatic carbocycles. The van der Waals surface area contributed by atoms with Gasteiger partial charge in [-0.15, -0.1) is 0 Å². The molecule has 28 heavy (non-hydrogen) atoms. The fraction of sp³-hybridized carbons (Fsp3) is 0.150. The minimum absolute atomic E-state index is 0.245. The van der Waals surface area contributed by atoms with Gasteiger partial charge in [-0.3, -0.25) is 10.1 Å². The number of carbonyl (C=O) groups excluding carboxylic acids is 1. The zero-order valence-corrected chi connectivity index (χ0v) is 14.7. The van der Waals surface area contributed by atoms with Crippen LogP contribution < -0.4 is 11.1 Å². The minimum atomic E-state index is -1.37. The Hall–Kier alpha value is -3.68. The molecule has 1 fully saturated rings. The highest BCUT2D eigenvalue weighted by Crippen LogP contribution is 2.48. The van der Waals surface area contributed by atoms with Gasteiger partial charge in [0.2, 0.25) is 5.91 Å². The van der Waals surface area contributed by atoms with Crippen LogP contribution in [0, 0.1) is 5.82 Å². The second kappa shape index (κ2) is 6.49. The van der Waals surface area contributed by atoms with Crippen molar-refractivity contribution in [1.29, 1.82) is 0 Å². The van der Waals surface area contributed by atoms with Crippen LogP contribution in [0.5, 0.6) is 0 Å². The van der Waals surface area contributed by atoms with Crippen molar-refractivity contribution in [3.05, 3.63) is 66.1 Å². The second-order valence-corrected chi connectivity index (χ2v) is 6.75. The lowest BCUT2D eigenvalue weighted by atomic mass is 9.93. The van der Waals surface area contributed by atoms with Crippen molar-refractivity contribution in [2.75, 3.05) is 5.32 Å². The molecule has 8 heteroatoms. The van der Waals surface area contributed by atoms with Crippen LogP contribution >= 0.6 is 0 Å². The molecular weight excluding hydrogens is 363 g/mol. The quantitative estimate of drug-likeness (QED) is 0.631. The summed E-state index contributed by atoms with van der Waals surface area (Å²) in [5.41, 5.74) is 8.31. The summed E-state index contributed by atoms with van der Waals surface area (Å²) in [5.74, 6) is -1.29. The molecule has 3 aromatic rings. The van der Waals surface area contributed by atoms with Crippen LogP contribution in [0.2, 0.25) is 0 Å². The smallest absolute Gasteiger partial charge is 0.410 e. The van der Waals surface area contributed by atoms with Crippen LogP contribution in [0.3, 0.4) is 0 Å². The molecule has 7 nitrogen and oxygen atoms in total. The number of halogens is 1. The van der Waals surface area contributed by atoms with Crippen LogP contribution in [0.25, 0.3) is 16.8 Å². The maximum atomic E-state index is 13.8. The van der Waals surface area contributed by atoms with E-state index >= 15 is 0 Å². The second-order valence-electron chi connectivity index (χ2n) is 6.75. The van der Waals surface area contributed by atoms with Gasteiger partial charge in [0.25, 0.3) is 0 Å². The van der Waals surface area contributed by atoms with Crippen molar-refractivity contribution >= 4 is 17.8 Å². The van der Waals surface area contributed by atoms with Crippen molar-refractivity contribution in [2.24, 2.45) is 5.73 Å². The third-order valence-corrected chi connectivity index (χ3v) is 5.05. The molecule has 0 saturated heterocycles. The van der Waals surface area contributed by atoms with Crippen LogP contribution in [-0.2, 0) is 10.2 Å². The van der Waals surface area contributed by atoms with Gasteiger partial charge in [-0.05, 0) is 41.7 Å². The summed E-state index contributed by atoms with van der Waals surface area (Å²) in [6.45, 7) is 0. The largest absolute Gasteiger partial charge is 0.465 e. The number of benzene rings is 2. The molecule has 0 aliphatic heterocycles. The Morgan fingerprint density at radius 3 is 2.14 bits per heavy atom. The van der Waals surface area contributed by atoms with Gasteiger partial charge in [0.1, 0.15) is 0 Å². The van der Waals surface area contributed by atoms with Gasteiger partial charge < -0.3 is 10.8 Å². The van der Waals surface area contributed by atoms with E-state index in [-0.39, 0.29) is 11.7 Å². The molecule has 1 heterocycles. The summed E-state index contributed by atoms with van der Waals surface area (Å²) in [7, 11) is 0. The molecule has 4 N–H and O–H groups in total. The van der Waals surface area contributed by atoms with E-state index in [9.17, 15) is 14.0 Å². The van der Waals surface area contributed by atoms with Crippen molar-refractivity contribution in [2.45, 2.75) is 18.3 Å².